The van der Waals surface area contributed by atoms with E-state index in [2.05, 4.69) is 4.72 Å². The second-order valence-corrected chi connectivity index (χ2v) is 8.92. The van der Waals surface area contributed by atoms with Gasteiger partial charge >= 0.3 is 0 Å². The van der Waals surface area contributed by atoms with Gasteiger partial charge in [-0.2, -0.15) is 0 Å². The van der Waals surface area contributed by atoms with Gasteiger partial charge in [0.1, 0.15) is 0 Å². The van der Waals surface area contributed by atoms with Crippen molar-refractivity contribution >= 4 is 19.9 Å². The maximum absolute atomic E-state index is 11.6. The summed E-state index contributed by atoms with van der Waals surface area (Å²) in [5.41, 5.74) is 5.55. The first-order valence-electron chi connectivity index (χ1n) is 5.61. The Morgan fingerprint density at radius 1 is 1.24 bits per heavy atom. The summed E-state index contributed by atoms with van der Waals surface area (Å²) in [6, 6.07) is -0.343. The molecule has 0 bridgehead atoms. The minimum absolute atomic E-state index is 0.202. The smallest absolute Gasteiger partial charge is 0.226 e. The van der Waals surface area contributed by atoms with Gasteiger partial charge in [0.2, 0.25) is 10.0 Å². The average Bonchev–Trinajstić information content (AvgIpc) is 2.62. The third-order valence-corrected chi connectivity index (χ3v) is 6.54. The van der Waals surface area contributed by atoms with Gasteiger partial charge in [-0.25, -0.2) is 21.6 Å². The van der Waals surface area contributed by atoms with E-state index in [4.69, 9.17) is 5.73 Å². The Balaban J connectivity index is 2.67. The zero-order valence-corrected chi connectivity index (χ0v) is 11.6. The first-order valence-corrected chi connectivity index (χ1v) is 9.32. The number of nitrogens with two attached hydrogens (primary N) is 1. The molecule has 0 heterocycles. The maximum atomic E-state index is 11.6. The Bertz CT molecular complexity index is 438. The van der Waals surface area contributed by atoms with E-state index in [0.29, 0.717) is 0 Å². The van der Waals surface area contributed by atoms with E-state index in [0.717, 1.165) is 31.9 Å². The quantitative estimate of drug-likeness (QED) is 0.679. The van der Waals surface area contributed by atoms with Crippen molar-refractivity contribution in [3.8, 4) is 0 Å². The monoisotopic (exact) mass is 284 g/mol. The highest BCUT2D eigenvalue weighted by Crippen LogP contribution is 2.27. The predicted octanol–water partition coefficient (Wildman–Crippen LogP) is -0.575. The van der Waals surface area contributed by atoms with Crippen molar-refractivity contribution in [2.45, 2.75) is 31.7 Å². The molecule has 1 fully saturated rings. The Hall–Kier alpha value is -0.180. The molecule has 0 amide bonds. The van der Waals surface area contributed by atoms with E-state index in [1.165, 1.54) is 0 Å². The highest BCUT2D eigenvalue weighted by Gasteiger charge is 2.29. The van der Waals surface area contributed by atoms with Crippen LogP contribution in [-0.4, -0.2) is 40.8 Å². The zero-order valence-electron chi connectivity index (χ0n) is 9.92. The third-order valence-electron chi connectivity index (χ3n) is 2.92. The average molecular weight is 284 g/mol. The van der Waals surface area contributed by atoms with Gasteiger partial charge in [0.15, 0.2) is 14.9 Å². The standard InChI is InChI=1S/C9H20N2O4S2/c1-16(12,13)7-17(14,15)11-9(6-10)8-4-2-3-5-8/h8-9,11H,2-7,10H2,1H3. The first-order chi connectivity index (χ1) is 7.73. The Labute approximate surface area is 103 Å². The fraction of sp³-hybridized carbons (Fsp3) is 1.00. The number of rotatable bonds is 6. The van der Waals surface area contributed by atoms with Crippen molar-refractivity contribution in [1.29, 1.82) is 0 Å². The lowest BCUT2D eigenvalue weighted by molar-refractivity contribution is 0.406. The molecule has 102 valence electrons. The molecule has 1 saturated carbocycles. The van der Waals surface area contributed by atoms with Crippen LogP contribution in [0.2, 0.25) is 0 Å². The van der Waals surface area contributed by atoms with Gasteiger partial charge in [0.25, 0.3) is 0 Å². The molecule has 0 aromatic heterocycles. The second-order valence-electron chi connectivity index (χ2n) is 4.66. The molecule has 0 spiro atoms. The summed E-state index contributed by atoms with van der Waals surface area (Å²) in [6.45, 7) is 0.202. The van der Waals surface area contributed by atoms with Crippen LogP contribution in [0, 0.1) is 5.92 Å². The van der Waals surface area contributed by atoms with Crippen LogP contribution in [0.1, 0.15) is 25.7 Å². The molecule has 0 radical (unpaired) electrons. The van der Waals surface area contributed by atoms with Gasteiger partial charge in [0.05, 0.1) is 0 Å². The molecule has 6 nitrogen and oxygen atoms in total. The van der Waals surface area contributed by atoms with E-state index in [1.807, 2.05) is 0 Å². The van der Waals surface area contributed by atoms with Crippen LogP contribution < -0.4 is 10.5 Å². The second kappa shape index (κ2) is 5.64. The summed E-state index contributed by atoms with van der Waals surface area (Å²) in [6.07, 6.45) is 4.95. The molecular weight excluding hydrogens is 264 g/mol. The summed E-state index contributed by atoms with van der Waals surface area (Å²) in [4.78, 5) is 0. The minimum atomic E-state index is -3.81. The zero-order chi connectivity index (χ0) is 13.1. The number of hydrogen-bond acceptors (Lipinski definition) is 5. The molecule has 3 N–H and O–H groups in total. The van der Waals surface area contributed by atoms with Crippen molar-refractivity contribution in [1.82, 2.24) is 4.72 Å². The van der Waals surface area contributed by atoms with E-state index in [-0.39, 0.29) is 18.5 Å². The minimum Gasteiger partial charge on any atom is -0.329 e. The van der Waals surface area contributed by atoms with E-state index in [9.17, 15) is 16.8 Å². The van der Waals surface area contributed by atoms with Gasteiger partial charge in [-0.1, -0.05) is 12.8 Å². The fourth-order valence-corrected chi connectivity index (χ4v) is 5.52. The Morgan fingerprint density at radius 3 is 2.18 bits per heavy atom. The number of nitrogens with one attached hydrogen (secondary N) is 1. The molecule has 0 aromatic carbocycles. The van der Waals surface area contributed by atoms with Gasteiger partial charge < -0.3 is 5.73 Å². The molecule has 1 rings (SSSR count). The van der Waals surface area contributed by atoms with Gasteiger partial charge in [-0.3, -0.25) is 0 Å². The molecule has 17 heavy (non-hydrogen) atoms. The van der Waals surface area contributed by atoms with Crippen LogP contribution in [0.4, 0.5) is 0 Å². The lowest BCUT2D eigenvalue weighted by atomic mass is 9.99. The molecule has 1 aliphatic carbocycles. The predicted molar refractivity (Wildman–Crippen MR) is 66.6 cm³/mol. The summed E-state index contributed by atoms with van der Waals surface area (Å²) < 4.78 is 47.6. The molecule has 0 aromatic rings. The van der Waals surface area contributed by atoms with Crippen LogP contribution in [0.15, 0.2) is 0 Å². The first kappa shape index (κ1) is 14.9. The lowest BCUT2D eigenvalue weighted by Crippen LogP contribution is -2.46. The van der Waals surface area contributed by atoms with Crippen molar-refractivity contribution in [2.24, 2.45) is 11.7 Å². The van der Waals surface area contributed by atoms with E-state index in [1.54, 1.807) is 0 Å². The van der Waals surface area contributed by atoms with Crippen molar-refractivity contribution in [3.05, 3.63) is 0 Å². The topological polar surface area (TPSA) is 106 Å². The largest absolute Gasteiger partial charge is 0.329 e. The van der Waals surface area contributed by atoms with Crippen LogP contribution >= 0.6 is 0 Å². The normalized spacial score (nSPS) is 20.6. The van der Waals surface area contributed by atoms with Gasteiger partial charge in [-0.15, -0.1) is 0 Å². The molecule has 1 unspecified atom stereocenters. The van der Waals surface area contributed by atoms with Crippen molar-refractivity contribution < 1.29 is 16.8 Å². The van der Waals surface area contributed by atoms with E-state index >= 15 is 0 Å². The molecule has 1 aliphatic rings. The highest BCUT2D eigenvalue weighted by atomic mass is 32.3. The fourth-order valence-electron chi connectivity index (χ4n) is 2.24. The van der Waals surface area contributed by atoms with Crippen molar-refractivity contribution in [2.75, 3.05) is 17.9 Å². The molecular formula is C9H20N2O4S2. The molecule has 8 heteroatoms. The van der Waals surface area contributed by atoms with Crippen LogP contribution in [0.25, 0.3) is 0 Å². The highest BCUT2D eigenvalue weighted by molar-refractivity contribution is 8.06. The third kappa shape index (κ3) is 5.33. The number of sulfone groups is 1. The van der Waals surface area contributed by atoms with E-state index < -0.39 is 24.9 Å². The lowest BCUT2D eigenvalue weighted by Gasteiger charge is -2.22. The molecule has 0 aliphatic heterocycles. The van der Waals surface area contributed by atoms with Gasteiger partial charge in [0, 0.05) is 18.8 Å². The SMILES string of the molecule is CS(=O)(=O)CS(=O)(=O)NC(CN)C1CCCC1. The Kier molecular flexibility index (Phi) is 4.94. The summed E-state index contributed by atoms with van der Waals surface area (Å²) in [5, 5.41) is -0.872. The van der Waals surface area contributed by atoms with Gasteiger partial charge in [-0.05, 0) is 18.8 Å². The summed E-state index contributed by atoms with van der Waals surface area (Å²) in [7, 11) is -7.36. The number of sulfonamides is 1. The van der Waals surface area contributed by atoms with Crippen LogP contribution in [0.3, 0.4) is 0 Å². The van der Waals surface area contributed by atoms with Crippen LogP contribution in [0.5, 0.6) is 0 Å². The maximum Gasteiger partial charge on any atom is 0.226 e. The van der Waals surface area contributed by atoms with Crippen molar-refractivity contribution in [3.63, 3.8) is 0 Å². The van der Waals surface area contributed by atoms with Crippen LogP contribution in [-0.2, 0) is 19.9 Å². The Morgan fingerprint density at radius 2 is 1.76 bits per heavy atom. The number of hydrogen-bond donors (Lipinski definition) is 2. The molecule has 1 atom stereocenters. The summed E-state index contributed by atoms with van der Waals surface area (Å²) >= 11 is 0. The summed E-state index contributed by atoms with van der Waals surface area (Å²) in [5.74, 6) is 0.231. The molecule has 0 saturated heterocycles.